The van der Waals surface area contributed by atoms with Crippen LogP contribution in [0.15, 0.2) is 36.4 Å². The van der Waals surface area contributed by atoms with Gasteiger partial charge in [0.2, 0.25) is 0 Å². The summed E-state index contributed by atoms with van der Waals surface area (Å²) in [4.78, 5) is 0. The third-order valence-corrected chi connectivity index (χ3v) is 3.32. The van der Waals surface area contributed by atoms with Gasteiger partial charge in [-0.2, -0.15) is 0 Å². The quantitative estimate of drug-likeness (QED) is 0.888. The van der Waals surface area contributed by atoms with Crippen molar-refractivity contribution >= 4 is 11.6 Å². The van der Waals surface area contributed by atoms with Gasteiger partial charge in [-0.15, -0.1) is 0 Å². The Kier molecular flexibility index (Phi) is 5.31. The van der Waals surface area contributed by atoms with E-state index in [-0.39, 0.29) is 0 Å². The van der Waals surface area contributed by atoms with Gasteiger partial charge in [0.05, 0.1) is 14.2 Å². The summed E-state index contributed by atoms with van der Waals surface area (Å²) in [7, 11) is 3.21. The van der Waals surface area contributed by atoms with Gasteiger partial charge in [0.15, 0.2) is 11.5 Å². The SMILES string of the molecule is COc1ccc(COc2ccc(Cl)cc2CN)cc1OC. The average Bonchev–Trinajstić information content (AvgIpc) is 2.53. The molecule has 2 rings (SSSR count). The molecule has 112 valence electrons. The van der Waals surface area contributed by atoms with Crippen molar-refractivity contribution in [3.8, 4) is 17.2 Å². The van der Waals surface area contributed by atoms with Gasteiger partial charge < -0.3 is 19.9 Å². The highest BCUT2D eigenvalue weighted by Gasteiger charge is 2.07. The monoisotopic (exact) mass is 307 g/mol. The van der Waals surface area contributed by atoms with E-state index in [9.17, 15) is 0 Å². The van der Waals surface area contributed by atoms with Crippen molar-refractivity contribution < 1.29 is 14.2 Å². The third-order valence-electron chi connectivity index (χ3n) is 3.08. The molecule has 0 unspecified atom stereocenters. The van der Waals surface area contributed by atoms with Crippen LogP contribution in [0.5, 0.6) is 17.2 Å². The second kappa shape index (κ2) is 7.20. The van der Waals surface area contributed by atoms with Crippen LogP contribution in [-0.2, 0) is 13.2 Å². The summed E-state index contributed by atoms with van der Waals surface area (Å²) in [6.07, 6.45) is 0. The first-order valence-corrected chi connectivity index (χ1v) is 6.88. The lowest BCUT2D eigenvalue weighted by molar-refractivity contribution is 0.301. The molecule has 0 radical (unpaired) electrons. The minimum atomic E-state index is 0.377. The molecule has 0 aliphatic heterocycles. The number of benzene rings is 2. The average molecular weight is 308 g/mol. The van der Waals surface area contributed by atoms with Crippen molar-refractivity contribution in [2.75, 3.05) is 14.2 Å². The molecule has 0 aliphatic rings. The van der Waals surface area contributed by atoms with Gasteiger partial charge >= 0.3 is 0 Å². The Labute approximate surface area is 129 Å². The Balaban J connectivity index is 2.13. The van der Waals surface area contributed by atoms with Gasteiger partial charge in [0.25, 0.3) is 0 Å². The molecule has 2 aromatic carbocycles. The van der Waals surface area contributed by atoms with Crippen LogP contribution in [0.1, 0.15) is 11.1 Å². The maximum Gasteiger partial charge on any atom is 0.161 e. The Morgan fingerprint density at radius 1 is 0.952 bits per heavy atom. The molecule has 2 aromatic rings. The van der Waals surface area contributed by atoms with Crippen molar-refractivity contribution in [2.24, 2.45) is 5.73 Å². The maximum atomic E-state index is 5.94. The van der Waals surface area contributed by atoms with Crippen LogP contribution in [0.3, 0.4) is 0 Å². The number of rotatable bonds is 6. The molecule has 0 bridgehead atoms. The Morgan fingerprint density at radius 2 is 1.67 bits per heavy atom. The molecule has 0 fully saturated rings. The van der Waals surface area contributed by atoms with Crippen LogP contribution in [-0.4, -0.2) is 14.2 Å². The molecule has 0 spiro atoms. The standard InChI is InChI=1S/C16H18ClNO3/c1-19-15-5-3-11(7-16(15)20-2)10-21-14-6-4-13(17)8-12(14)9-18/h3-8H,9-10,18H2,1-2H3. The van der Waals surface area contributed by atoms with Crippen molar-refractivity contribution in [1.82, 2.24) is 0 Å². The van der Waals surface area contributed by atoms with Crippen molar-refractivity contribution in [2.45, 2.75) is 13.2 Å². The van der Waals surface area contributed by atoms with E-state index >= 15 is 0 Å². The predicted octanol–water partition coefficient (Wildman–Crippen LogP) is 3.39. The van der Waals surface area contributed by atoms with E-state index in [2.05, 4.69) is 0 Å². The zero-order chi connectivity index (χ0) is 15.2. The van der Waals surface area contributed by atoms with Crippen molar-refractivity contribution in [3.05, 3.63) is 52.5 Å². The van der Waals surface area contributed by atoms with Crippen molar-refractivity contribution in [3.63, 3.8) is 0 Å². The van der Waals surface area contributed by atoms with E-state index in [1.54, 1.807) is 20.3 Å². The zero-order valence-corrected chi connectivity index (χ0v) is 12.8. The topological polar surface area (TPSA) is 53.7 Å². The summed E-state index contributed by atoms with van der Waals surface area (Å²) < 4.78 is 16.3. The number of methoxy groups -OCH3 is 2. The highest BCUT2D eigenvalue weighted by atomic mass is 35.5. The molecule has 2 N–H and O–H groups in total. The highest BCUT2D eigenvalue weighted by molar-refractivity contribution is 6.30. The van der Waals surface area contributed by atoms with E-state index in [1.165, 1.54) is 0 Å². The number of nitrogens with two attached hydrogens (primary N) is 1. The minimum absolute atomic E-state index is 0.377. The minimum Gasteiger partial charge on any atom is -0.493 e. The van der Waals surface area contributed by atoms with Gasteiger partial charge in [-0.3, -0.25) is 0 Å². The fraction of sp³-hybridized carbons (Fsp3) is 0.250. The lowest BCUT2D eigenvalue weighted by Gasteiger charge is -2.13. The van der Waals surface area contributed by atoms with E-state index in [4.69, 9.17) is 31.5 Å². The molecule has 0 saturated heterocycles. The summed E-state index contributed by atoms with van der Waals surface area (Å²) >= 11 is 5.94. The first kappa shape index (κ1) is 15.5. The lowest BCUT2D eigenvalue weighted by atomic mass is 10.2. The van der Waals surface area contributed by atoms with Gasteiger partial charge in [-0.1, -0.05) is 17.7 Å². The number of ether oxygens (including phenoxy) is 3. The van der Waals surface area contributed by atoms with Gasteiger partial charge in [0, 0.05) is 17.1 Å². The number of hydrogen-bond acceptors (Lipinski definition) is 4. The first-order valence-electron chi connectivity index (χ1n) is 6.50. The maximum absolute atomic E-state index is 5.94. The Bertz CT molecular complexity index is 616. The number of hydrogen-bond donors (Lipinski definition) is 1. The van der Waals surface area contributed by atoms with E-state index in [0.717, 1.165) is 16.9 Å². The molecule has 21 heavy (non-hydrogen) atoms. The molecule has 0 saturated carbocycles. The second-order valence-corrected chi connectivity index (χ2v) is 4.87. The van der Waals surface area contributed by atoms with Crippen LogP contribution in [0.25, 0.3) is 0 Å². The van der Waals surface area contributed by atoms with Crippen LogP contribution in [0, 0.1) is 0 Å². The van der Waals surface area contributed by atoms with Crippen LogP contribution < -0.4 is 19.9 Å². The third kappa shape index (κ3) is 3.80. The van der Waals surface area contributed by atoms with Crippen LogP contribution >= 0.6 is 11.6 Å². The van der Waals surface area contributed by atoms with Crippen LogP contribution in [0.4, 0.5) is 0 Å². The van der Waals surface area contributed by atoms with Gasteiger partial charge in [0.1, 0.15) is 12.4 Å². The van der Waals surface area contributed by atoms with E-state index in [1.807, 2.05) is 30.3 Å². The van der Waals surface area contributed by atoms with E-state index in [0.29, 0.717) is 29.7 Å². The lowest BCUT2D eigenvalue weighted by Crippen LogP contribution is -2.03. The summed E-state index contributed by atoms with van der Waals surface area (Å²) in [6.45, 7) is 0.789. The summed E-state index contributed by atoms with van der Waals surface area (Å²) in [5.74, 6) is 2.10. The largest absolute Gasteiger partial charge is 0.493 e. The molecule has 0 atom stereocenters. The molecular weight excluding hydrogens is 290 g/mol. The molecule has 0 aromatic heterocycles. The highest BCUT2D eigenvalue weighted by Crippen LogP contribution is 2.29. The molecule has 0 aliphatic carbocycles. The van der Waals surface area contributed by atoms with Gasteiger partial charge in [-0.25, -0.2) is 0 Å². The summed E-state index contributed by atoms with van der Waals surface area (Å²) in [5, 5.41) is 0.647. The molecular formula is C16H18ClNO3. The normalized spacial score (nSPS) is 10.3. The van der Waals surface area contributed by atoms with Crippen molar-refractivity contribution in [1.29, 1.82) is 0 Å². The molecule has 0 heterocycles. The number of halogens is 1. The zero-order valence-electron chi connectivity index (χ0n) is 12.1. The van der Waals surface area contributed by atoms with Crippen LogP contribution in [0.2, 0.25) is 5.02 Å². The Morgan fingerprint density at radius 3 is 2.33 bits per heavy atom. The molecule has 4 nitrogen and oxygen atoms in total. The molecule has 0 amide bonds. The molecule has 5 heteroatoms. The predicted molar refractivity (Wildman–Crippen MR) is 83.2 cm³/mol. The van der Waals surface area contributed by atoms with E-state index < -0.39 is 0 Å². The Hall–Kier alpha value is -1.91. The fourth-order valence-corrected chi connectivity index (χ4v) is 2.17. The second-order valence-electron chi connectivity index (χ2n) is 4.43. The summed E-state index contributed by atoms with van der Waals surface area (Å²) in [5.41, 5.74) is 7.55. The summed E-state index contributed by atoms with van der Waals surface area (Å²) in [6, 6.07) is 11.1. The van der Waals surface area contributed by atoms with Gasteiger partial charge in [-0.05, 0) is 35.9 Å². The smallest absolute Gasteiger partial charge is 0.161 e. The fourth-order valence-electron chi connectivity index (χ4n) is 1.98. The first-order chi connectivity index (χ1) is 10.2.